The summed E-state index contributed by atoms with van der Waals surface area (Å²) in [5, 5.41) is 2.89. The molecule has 0 aromatic carbocycles. The van der Waals surface area contributed by atoms with Crippen LogP contribution in [-0.4, -0.2) is 42.1 Å². The number of aromatic nitrogens is 2. The molecule has 0 amide bonds. The number of nitrogens with one attached hydrogen (secondary N) is 1. The van der Waals surface area contributed by atoms with Crippen LogP contribution in [0.5, 0.6) is 0 Å². The molecule has 2 unspecified atom stereocenters. The Labute approximate surface area is 109 Å². The predicted molar refractivity (Wildman–Crippen MR) is 71.2 cm³/mol. The molecule has 0 radical (unpaired) electrons. The van der Waals surface area contributed by atoms with Crippen LogP contribution in [0.25, 0.3) is 0 Å². The first kappa shape index (κ1) is 13.5. The number of rotatable bonds is 4. The smallest absolute Gasteiger partial charge is 0.154 e. The molecule has 1 aromatic heterocycles. The lowest BCUT2D eigenvalue weighted by molar-refractivity contribution is 0.448. The third-order valence-electron chi connectivity index (χ3n) is 3.77. The molecule has 2 rings (SSSR count). The fourth-order valence-electron chi connectivity index (χ4n) is 2.64. The quantitative estimate of drug-likeness (QED) is 0.867. The second-order valence-electron chi connectivity index (χ2n) is 4.95. The second-order valence-corrected chi connectivity index (χ2v) is 7.29. The molecule has 6 heteroatoms. The third kappa shape index (κ3) is 2.75. The molecule has 1 aliphatic rings. The van der Waals surface area contributed by atoms with E-state index in [-0.39, 0.29) is 11.3 Å². The van der Waals surface area contributed by atoms with Gasteiger partial charge < -0.3 is 9.88 Å². The third-order valence-corrected chi connectivity index (χ3v) is 6.12. The molecule has 1 N–H and O–H groups in total. The van der Waals surface area contributed by atoms with Crippen LogP contribution in [0, 0.1) is 0 Å². The first-order valence-electron chi connectivity index (χ1n) is 6.39. The highest BCUT2D eigenvalue weighted by atomic mass is 32.2. The summed E-state index contributed by atoms with van der Waals surface area (Å²) in [5.74, 6) is 1.26. The second kappa shape index (κ2) is 5.40. The minimum Gasteiger partial charge on any atom is -0.338 e. The van der Waals surface area contributed by atoms with Gasteiger partial charge in [-0.15, -0.1) is 0 Å². The van der Waals surface area contributed by atoms with E-state index in [1.807, 2.05) is 24.9 Å². The summed E-state index contributed by atoms with van der Waals surface area (Å²) < 4.78 is 26.2. The molecule has 1 aliphatic heterocycles. The summed E-state index contributed by atoms with van der Waals surface area (Å²) in [4.78, 5) is 4.27. The Hall–Kier alpha value is -0.880. The Morgan fingerprint density at radius 1 is 1.56 bits per heavy atom. The van der Waals surface area contributed by atoms with E-state index >= 15 is 0 Å². The first-order valence-corrected chi connectivity index (χ1v) is 8.11. The van der Waals surface area contributed by atoms with Gasteiger partial charge in [0.25, 0.3) is 0 Å². The normalized spacial score (nSPS) is 24.9. The summed E-state index contributed by atoms with van der Waals surface area (Å²) in [5.41, 5.74) is 0. The van der Waals surface area contributed by atoms with Crippen molar-refractivity contribution >= 4 is 9.84 Å². The summed E-state index contributed by atoms with van der Waals surface area (Å²) in [7, 11) is 0.816. The Balaban J connectivity index is 2.15. The van der Waals surface area contributed by atoms with Gasteiger partial charge >= 0.3 is 0 Å². The van der Waals surface area contributed by atoms with E-state index in [1.54, 1.807) is 6.20 Å². The van der Waals surface area contributed by atoms with Gasteiger partial charge in [0.15, 0.2) is 9.84 Å². The number of likely N-dealkylation sites (N-methyl/N-ethyl adjacent to an activating group) is 1. The van der Waals surface area contributed by atoms with Crippen LogP contribution >= 0.6 is 0 Å². The maximum atomic E-state index is 12.1. The van der Waals surface area contributed by atoms with Crippen molar-refractivity contribution in [3.8, 4) is 0 Å². The van der Waals surface area contributed by atoms with Gasteiger partial charge in [-0.25, -0.2) is 13.4 Å². The Morgan fingerprint density at radius 3 is 2.89 bits per heavy atom. The predicted octanol–water partition coefficient (Wildman–Crippen LogP) is 0.518. The first-order chi connectivity index (χ1) is 8.54. The van der Waals surface area contributed by atoms with Gasteiger partial charge in [-0.2, -0.15) is 0 Å². The van der Waals surface area contributed by atoms with Crippen molar-refractivity contribution in [3.05, 3.63) is 18.2 Å². The largest absolute Gasteiger partial charge is 0.338 e. The van der Waals surface area contributed by atoms with Crippen molar-refractivity contribution in [1.82, 2.24) is 14.9 Å². The van der Waals surface area contributed by atoms with Gasteiger partial charge in [-0.05, 0) is 19.9 Å². The van der Waals surface area contributed by atoms with Crippen LogP contribution in [0.3, 0.4) is 0 Å². The van der Waals surface area contributed by atoms with Gasteiger partial charge in [-0.3, -0.25) is 0 Å². The lowest BCUT2D eigenvalue weighted by Crippen LogP contribution is -2.46. The Kier molecular flexibility index (Phi) is 4.07. The van der Waals surface area contributed by atoms with Gasteiger partial charge in [0.2, 0.25) is 0 Å². The summed E-state index contributed by atoms with van der Waals surface area (Å²) in [6.07, 6.45) is 6.86. The van der Waals surface area contributed by atoms with Crippen LogP contribution in [0.1, 0.15) is 25.1 Å². The molecule has 1 saturated heterocycles. The number of hydrogen-bond acceptors (Lipinski definition) is 4. The van der Waals surface area contributed by atoms with Crippen molar-refractivity contribution < 1.29 is 8.42 Å². The molecule has 1 aromatic rings. The molecule has 18 heavy (non-hydrogen) atoms. The molecule has 1 fully saturated rings. The minimum absolute atomic E-state index is 0.0450. The van der Waals surface area contributed by atoms with Gasteiger partial charge in [0, 0.05) is 31.9 Å². The number of imidazole rings is 1. The average Bonchev–Trinajstić information content (AvgIpc) is 2.72. The summed E-state index contributed by atoms with van der Waals surface area (Å²) in [6, 6.07) is -0.0450. The molecule has 102 valence electrons. The Bertz CT molecular complexity index is 495. The molecular weight excluding hydrogens is 250 g/mol. The topological polar surface area (TPSA) is 64.0 Å². The van der Waals surface area contributed by atoms with Gasteiger partial charge in [0.1, 0.15) is 5.82 Å². The number of aryl methyl sites for hydroxylation is 1. The molecule has 0 spiro atoms. The van der Waals surface area contributed by atoms with Crippen molar-refractivity contribution in [2.45, 2.75) is 37.0 Å². The highest BCUT2D eigenvalue weighted by Crippen LogP contribution is 2.23. The van der Waals surface area contributed by atoms with E-state index < -0.39 is 9.84 Å². The van der Waals surface area contributed by atoms with E-state index in [9.17, 15) is 8.42 Å². The maximum absolute atomic E-state index is 12.1. The minimum atomic E-state index is -2.95. The molecule has 0 bridgehead atoms. The fourth-order valence-corrected chi connectivity index (χ4v) is 4.81. The van der Waals surface area contributed by atoms with Crippen LogP contribution in [0.15, 0.2) is 12.4 Å². The SMILES string of the molecule is CNC(Cc1nccn1C)C1CCCCS1(=O)=O. The monoisotopic (exact) mass is 271 g/mol. The zero-order valence-corrected chi connectivity index (χ0v) is 11.8. The van der Waals surface area contributed by atoms with Crippen molar-refractivity contribution in [2.75, 3.05) is 12.8 Å². The van der Waals surface area contributed by atoms with E-state index in [1.165, 1.54) is 0 Å². The number of hydrogen-bond donors (Lipinski definition) is 1. The summed E-state index contributed by atoms with van der Waals surface area (Å²) in [6.45, 7) is 0. The standard InChI is InChI=1S/C12H21N3O2S/c1-13-10(9-12-14-6-7-15(12)2)11-5-3-4-8-18(11,16)17/h6-7,10-11,13H,3-5,8-9H2,1-2H3. The van der Waals surface area contributed by atoms with Crippen LogP contribution in [0.2, 0.25) is 0 Å². The van der Waals surface area contributed by atoms with E-state index in [4.69, 9.17) is 0 Å². The molecule has 2 heterocycles. The maximum Gasteiger partial charge on any atom is 0.154 e. The van der Waals surface area contributed by atoms with Crippen molar-refractivity contribution in [1.29, 1.82) is 0 Å². The van der Waals surface area contributed by atoms with E-state index in [0.717, 1.165) is 25.1 Å². The molecule has 0 saturated carbocycles. The number of nitrogens with zero attached hydrogens (tertiary/aromatic N) is 2. The molecule has 2 atom stereocenters. The zero-order chi connectivity index (χ0) is 13.2. The Morgan fingerprint density at radius 2 is 2.33 bits per heavy atom. The lowest BCUT2D eigenvalue weighted by Gasteiger charge is -2.29. The fraction of sp³-hybridized carbons (Fsp3) is 0.750. The highest BCUT2D eigenvalue weighted by Gasteiger charge is 2.35. The van der Waals surface area contributed by atoms with Crippen LogP contribution in [-0.2, 0) is 23.3 Å². The van der Waals surface area contributed by atoms with E-state index in [2.05, 4.69) is 10.3 Å². The highest BCUT2D eigenvalue weighted by molar-refractivity contribution is 7.92. The van der Waals surface area contributed by atoms with Crippen LogP contribution in [0.4, 0.5) is 0 Å². The molecule has 5 nitrogen and oxygen atoms in total. The van der Waals surface area contributed by atoms with E-state index in [0.29, 0.717) is 12.2 Å². The molecule has 0 aliphatic carbocycles. The lowest BCUT2D eigenvalue weighted by atomic mass is 10.0. The van der Waals surface area contributed by atoms with Crippen LogP contribution < -0.4 is 5.32 Å². The zero-order valence-electron chi connectivity index (χ0n) is 11.0. The number of sulfone groups is 1. The van der Waals surface area contributed by atoms with Crippen molar-refractivity contribution in [3.63, 3.8) is 0 Å². The van der Waals surface area contributed by atoms with Gasteiger partial charge in [-0.1, -0.05) is 6.42 Å². The van der Waals surface area contributed by atoms with Gasteiger partial charge in [0.05, 0.1) is 11.0 Å². The average molecular weight is 271 g/mol. The van der Waals surface area contributed by atoms with Crippen molar-refractivity contribution in [2.24, 2.45) is 7.05 Å². The summed E-state index contributed by atoms with van der Waals surface area (Å²) >= 11 is 0. The molecular formula is C12H21N3O2S.